The summed E-state index contributed by atoms with van der Waals surface area (Å²) in [5.41, 5.74) is 0. The van der Waals surface area contributed by atoms with Gasteiger partial charge in [-0.3, -0.25) is 19.7 Å². The predicted octanol–water partition coefficient (Wildman–Crippen LogP) is -0.316. The highest BCUT2D eigenvalue weighted by Gasteiger charge is 2.42. The maximum absolute atomic E-state index is 12.2. The smallest absolute Gasteiger partial charge is 0.246 e. The fraction of sp³-hybridized carbons (Fsp3) is 0.583. The average molecular weight is 234 g/mol. The molecule has 90 valence electrons. The van der Waals surface area contributed by atoms with Gasteiger partial charge >= 0.3 is 0 Å². The third-order valence-electron chi connectivity index (χ3n) is 3.86. The van der Waals surface area contributed by atoms with Gasteiger partial charge < -0.3 is 4.90 Å². The van der Waals surface area contributed by atoms with Crippen molar-refractivity contribution in [2.24, 2.45) is 17.8 Å². The Labute approximate surface area is 98.8 Å². The van der Waals surface area contributed by atoms with Gasteiger partial charge in [0.1, 0.15) is 13.1 Å². The van der Waals surface area contributed by atoms with E-state index in [9.17, 15) is 14.4 Å². The molecular formula is C12H14N2O3. The largest absolute Gasteiger partial charge is 0.324 e. The van der Waals surface area contributed by atoms with E-state index in [2.05, 4.69) is 17.5 Å². The van der Waals surface area contributed by atoms with E-state index >= 15 is 0 Å². The minimum atomic E-state index is -0.381. The quantitative estimate of drug-likeness (QED) is 0.499. The van der Waals surface area contributed by atoms with Crippen molar-refractivity contribution in [3.05, 3.63) is 12.2 Å². The monoisotopic (exact) mass is 234 g/mol. The van der Waals surface area contributed by atoms with Crippen LogP contribution >= 0.6 is 0 Å². The van der Waals surface area contributed by atoms with Crippen LogP contribution in [0.1, 0.15) is 12.8 Å². The molecule has 0 spiro atoms. The number of imide groups is 1. The molecule has 0 aromatic heterocycles. The van der Waals surface area contributed by atoms with Gasteiger partial charge in [0, 0.05) is 5.92 Å². The van der Waals surface area contributed by atoms with Gasteiger partial charge in [-0.2, -0.15) is 0 Å². The molecule has 1 N–H and O–H groups in total. The molecule has 2 aliphatic carbocycles. The zero-order valence-electron chi connectivity index (χ0n) is 9.39. The number of nitrogens with one attached hydrogen (secondary N) is 1. The van der Waals surface area contributed by atoms with Gasteiger partial charge in [-0.05, 0) is 24.7 Å². The van der Waals surface area contributed by atoms with Crippen LogP contribution in [-0.4, -0.2) is 35.7 Å². The Morgan fingerprint density at radius 3 is 2.41 bits per heavy atom. The molecule has 1 saturated carbocycles. The molecule has 5 heteroatoms. The van der Waals surface area contributed by atoms with Gasteiger partial charge in [0.05, 0.1) is 0 Å². The number of carbonyl (C=O) groups excluding carboxylic acids is 3. The van der Waals surface area contributed by atoms with E-state index in [-0.39, 0.29) is 36.7 Å². The Hall–Kier alpha value is -1.65. The van der Waals surface area contributed by atoms with Crippen LogP contribution in [0.15, 0.2) is 12.2 Å². The van der Waals surface area contributed by atoms with Crippen LogP contribution in [0.2, 0.25) is 0 Å². The number of allylic oxidation sites excluding steroid dienone is 2. The van der Waals surface area contributed by atoms with Gasteiger partial charge in [0.2, 0.25) is 17.7 Å². The first-order chi connectivity index (χ1) is 8.13. The SMILES string of the molecule is O=C1CN(C(=O)C2CC3C=CC2C3)CC(=O)N1. The maximum atomic E-state index is 12.2. The number of nitrogens with zero attached hydrogens (tertiary/aromatic N) is 1. The number of fused-ring (bicyclic) bond motifs is 2. The molecule has 3 unspecified atom stereocenters. The average Bonchev–Trinajstić information content (AvgIpc) is 2.88. The van der Waals surface area contributed by atoms with Crippen molar-refractivity contribution in [2.75, 3.05) is 13.1 Å². The highest BCUT2D eigenvalue weighted by Crippen LogP contribution is 2.44. The molecule has 5 nitrogen and oxygen atoms in total. The van der Waals surface area contributed by atoms with E-state index in [0.717, 1.165) is 12.8 Å². The van der Waals surface area contributed by atoms with E-state index in [0.29, 0.717) is 11.8 Å². The third-order valence-corrected chi connectivity index (χ3v) is 3.86. The van der Waals surface area contributed by atoms with Gasteiger partial charge in [0.25, 0.3) is 0 Å². The first-order valence-electron chi connectivity index (χ1n) is 5.93. The van der Waals surface area contributed by atoms with E-state index in [1.165, 1.54) is 4.90 Å². The normalized spacial score (nSPS) is 35.3. The van der Waals surface area contributed by atoms with Crippen molar-refractivity contribution in [1.29, 1.82) is 0 Å². The van der Waals surface area contributed by atoms with E-state index in [1.54, 1.807) is 0 Å². The maximum Gasteiger partial charge on any atom is 0.246 e. The second-order valence-corrected chi connectivity index (χ2v) is 5.05. The number of hydrogen-bond acceptors (Lipinski definition) is 3. The molecule has 0 aromatic rings. The summed E-state index contributed by atoms with van der Waals surface area (Å²) in [6.07, 6.45) is 6.18. The second-order valence-electron chi connectivity index (χ2n) is 5.05. The minimum absolute atomic E-state index is 0.0160. The van der Waals surface area contributed by atoms with Gasteiger partial charge in [0.15, 0.2) is 0 Å². The minimum Gasteiger partial charge on any atom is -0.324 e. The zero-order valence-corrected chi connectivity index (χ0v) is 9.39. The molecule has 0 aromatic carbocycles. The Morgan fingerprint density at radius 1 is 1.18 bits per heavy atom. The molecule has 2 bridgehead atoms. The summed E-state index contributed by atoms with van der Waals surface area (Å²) >= 11 is 0. The Balaban J connectivity index is 1.72. The van der Waals surface area contributed by atoms with Crippen LogP contribution in [-0.2, 0) is 14.4 Å². The second kappa shape index (κ2) is 3.68. The summed E-state index contributed by atoms with van der Waals surface area (Å²) < 4.78 is 0. The lowest BCUT2D eigenvalue weighted by atomic mass is 9.92. The molecule has 3 rings (SSSR count). The van der Waals surface area contributed by atoms with Crippen molar-refractivity contribution >= 4 is 17.7 Å². The molecular weight excluding hydrogens is 220 g/mol. The first kappa shape index (κ1) is 10.5. The van der Waals surface area contributed by atoms with Gasteiger partial charge in [-0.15, -0.1) is 0 Å². The third kappa shape index (κ3) is 1.75. The van der Waals surface area contributed by atoms with Crippen LogP contribution in [0.25, 0.3) is 0 Å². The van der Waals surface area contributed by atoms with Crippen molar-refractivity contribution in [1.82, 2.24) is 10.2 Å². The predicted molar refractivity (Wildman–Crippen MR) is 58.6 cm³/mol. The van der Waals surface area contributed by atoms with Crippen molar-refractivity contribution in [2.45, 2.75) is 12.8 Å². The van der Waals surface area contributed by atoms with Crippen molar-refractivity contribution in [3.63, 3.8) is 0 Å². The standard InChI is InChI=1S/C12H14N2O3/c15-10-5-14(6-11(16)13-10)12(17)9-4-7-1-2-8(9)3-7/h1-2,7-9H,3-6H2,(H,13,15,16). The van der Waals surface area contributed by atoms with Crippen LogP contribution in [0, 0.1) is 17.8 Å². The summed E-state index contributed by atoms with van der Waals surface area (Å²) in [5, 5.41) is 2.20. The highest BCUT2D eigenvalue weighted by atomic mass is 16.2. The lowest BCUT2D eigenvalue weighted by Gasteiger charge is -2.29. The van der Waals surface area contributed by atoms with E-state index in [1.807, 2.05) is 0 Å². The molecule has 17 heavy (non-hydrogen) atoms. The zero-order chi connectivity index (χ0) is 12.0. The highest BCUT2D eigenvalue weighted by molar-refractivity contribution is 6.02. The number of piperazine rings is 1. The fourth-order valence-corrected chi connectivity index (χ4v) is 3.09. The van der Waals surface area contributed by atoms with Crippen LogP contribution in [0.3, 0.4) is 0 Å². The molecule has 3 atom stereocenters. The number of amides is 3. The lowest BCUT2D eigenvalue weighted by Crippen LogP contribution is -2.54. The lowest BCUT2D eigenvalue weighted by molar-refractivity contribution is -0.148. The molecule has 2 fully saturated rings. The van der Waals surface area contributed by atoms with Crippen LogP contribution in [0.5, 0.6) is 0 Å². The number of rotatable bonds is 1. The number of hydrogen-bond donors (Lipinski definition) is 1. The number of carbonyl (C=O) groups is 3. The Kier molecular flexibility index (Phi) is 2.28. The van der Waals surface area contributed by atoms with Gasteiger partial charge in [-0.1, -0.05) is 12.2 Å². The van der Waals surface area contributed by atoms with Crippen molar-refractivity contribution in [3.8, 4) is 0 Å². The molecule has 1 saturated heterocycles. The Morgan fingerprint density at radius 2 is 1.88 bits per heavy atom. The van der Waals surface area contributed by atoms with E-state index in [4.69, 9.17) is 0 Å². The van der Waals surface area contributed by atoms with Crippen LogP contribution in [0.4, 0.5) is 0 Å². The molecule has 1 heterocycles. The summed E-state index contributed by atoms with van der Waals surface area (Å²) in [6.45, 7) is 0.0321. The summed E-state index contributed by atoms with van der Waals surface area (Å²) in [5.74, 6) is 0.00575. The van der Waals surface area contributed by atoms with E-state index < -0.39 is 0 Å². The summed E-state index contributed by atoms with van der Waals surface area (Å²) in [7, 11) is 0. The molecule has 3 aliphatic rings. The molecule has 0 radical (unpaired) electrons. The summed E-state index contributed by atoms with van der Waals surface area (Å²) in [6, 6.07) is 0. The molecule has 1 aliphatic heterocycles. The first-order valence-corrected chi connectivity index (χ1v) is 5.93. The fourth-order valence-electron chi connectivity index (χ4n) is 3.09. The van der Waals surface area contributed by atoms with Gasteiger partial charge in [-0.25, -0.2) is 0 Å². The molecule has 3 amide bonds. The van der Waals surface area contributed by atoms with Crippen LogP contribution < -0.4 is 5.32 Å². The van der Waals surface area contributed by atoms with Crippen molar-refractivity contribution < 1.29 is 14.4 Å². The summed E-state index contributed by atoms with van der Waals surface area (Å²) in [4.78, 5) is 36.1. The topological polar surface area (TPSA) is 66.5 Å². The Bertz CT molecular complexity index is 413.